The summed E-state index contributed by atoms with van der Waals surface area (Å²) in [5, 5.41) is 9.79. The van der Waals surface area contributed by atoms with Crippen LogP contribution in [0.2, 0.25) is 0 Å². The van der Waals surface area contributed by atoms with Crippen molar-refractivity contribution >= 4 is 17.9 Å². The number of hydrogen-bond donors (Lipinski definition) is 1. The van der Waals surface area contributed by atoms with Gasteiger partial charge in [-0.15, -0.1) is 0 Å². The number of nitrogens with zero attached hydrogens (tertiary/aromatic N) is 2. The molecule has 1 unspecified atom stereocenters. The maximum atomic E-state index is 11.7. The van der Waals surface area contributed by atoms with Gasteiger partial charge in [-0.1, -0.05) is 18.2 Å². The monoisotopic (exact) mass is 292 g/mol. The number of aliphatic hydroxyl groups excluding tert-OH is 1. The van der Waals surface area contributed by atoms with Gasteiger partial charge < -0.3 is 14.7 Å². The summed E-state index contributed by atoms with van der Waals surface area (Å²) in [5.74, 6) is -0.871. The molecule has 7 heteroatoms. The molecular formula is C14H16N2O5. The fourth-order valence-corrected chi connectivity index (χ4v) is 1.93. The SMILES string of the molecule is CN1C(=O)CN(CC(O)COC(=O)c2ccccc2)C1=O. The van der Waals surface area contributed by atoms with E-state index in [1.807, 2.05) is 0 Å². The van der Waals surface area contributed by atoms with Gasteiger partial charge in [0, 0.05) is 7.05 Å². The molecule has 21 heavy (non-hydrogen) atoms. The van der Waals surface area contributed by atoms with Crippen molar-refractivity contribution in [2.45, 2.75) is 6.10 Å². The second-order valence-electron chi connectivity index (χ2n) is 4.73. The van der Waals surface area contributed by atoms with Gasteiger partial charge in [-0.05, 0) is 12.1 Å². The van der Waals surface area contributed by atoms with Gasteiger partial charge in [0.1, 0.15) is 19.3 Å². The van der Waals surface area contributed by atoms with Crippen LogP contribution in [0.4, 0.5) is 4.79 Å². The van der Waals surface area contributed by atoms with Crippen molar-refractivity contribution in [2.75, 3.05) is 26.7 Å². The Morgan fingerprint density at radius 3 is 2.57 bits per heavy atom. The van der Waals surface area contributed by atoms with Crippen LogP contribution < -0.4 is 0 Å². The molecule has 1 saturated heterocycles. The second kappa shape index (κ2) is 6.36. The van der Waals surface area contributed by atoms with E-state index in [1.165, 1.54) is 11.9 Å². The number of esters is 1. The molecule has 1 heterocycles. The quantitative estimate of drug-likeness (QED) is 0.614. The van der Waals surface area contributed by atoms with Crippen LogP contribution in [0.3, 0.4) is 0 Å². The first-order valence-corrected chi connectivity index (χ1v) is 6.44. The van der Waals surface area contributed by atoms with E-state index < -0.39 is 18.1 Å². The van der Waals surface area contributed by atoms with Gasteiger partial charge in [-0.25, -0.2) is 9.59 Å². The van der Waals surface area contributed by atoms with Gasteiger partial charge in [0.2, 0.25) is 5.91 Å². The third-order valence-electron chi connectivity index (χ3n) is 3.11. The van der Waals surface area contributed by atoms with Crippen LogP contribution in [0.1, 0.15) is 10.4 Å². The largest absolute Gasteiger partial charge is 0.459 e. The normalized spacial score (nSPS) is 16.3. The fourth-order valence-electron chi connectivity index (χ4n) is 1.93. The van der Waals surface area contributed by atoms with Crippen LogP contribution in [0, 0.1) is 0 Å². The van der Waals surface area contributed by atoms with E-state index in [0.717, 1.165) is 4.90 Å². The maximum Gasteiger partial charge on any atom is 0.338 e. The Bertz CT molecular complexity index is 546. The minimum atomic E-state index is -1.04. The van der Waals surface area contributed by atoms with Gasteiger partial charge in [0.05, 0.1) is 12.1 Å². The van der Waals surface area contributed by atoms with E-state index in [-0.39, 0.29) is 25.6 Å². The first-order chi connectivity index (χ1) is 9.99. The number of rotatable bonds is 5. The van der Waals surface area contributed by atoms with E-state index in [1.54, 1.807) is 30.3 Å². The van der Waals surface area contributed by atoms with Gasteiger partial charge in [0.15, 0.2) is 0 Å². The number of β-amino-alcohol motifs (C(OH)–C–C–N with tert-alkyl or cyclic N) is 1. The molecule has 0 bridgehead atoms. The van der Waals surface area contributed by atoms with E-state index in [0.29, 0.717) is 5.56 Å². The Labute approximate surface area is 121 Å². The van der Waals surface area contributed by atoms with Crippen LogP contribution in [-0.2, 0) is 9.53 Å². The number of benzene rings is 1. The minimum absolute atomic E-state index is 0.0585. The van der Waals surface area contributed by atoms with E-state index in [9.17, 15) is 19.5 Å². The number of carbonyl (C=O) groups is 3. The molecule has 0 spiro atoms. The molecule has 0 radical (unpaired) electrons. The highest BCUT2D eigenvalue weighted by Gasteiger charge is 2.34. The molecule has 0 aromatic heterocycles. The third kappa shape index (κ3) is 3.57. The third-order valence-corrected chi connectivity index (χ3v) is 3.11. The zero-order valence-electron chi connectivity index (χ0n) is 11.6. The van der Waals surface area contributed by atoms with Gasteiger partial charge in [-0.3, -0.25) is 9.69 Å². The number of hydrogen-bond acceptors (Lipinski definition) is 5. The van der Waals surface area contributed by atoms with Crippen molar-refractivity contribution in [3.63, 3.8) is 0 Å². The van der Waals surface area contributed by atoms with Crippen LogP contribution >= 0.6 is 0 Å². The summed E-state index contributed by atoms with van der Waals surface area (Å²) in [6.45, 7) is -0.370. The average molecular weight is 292 g/mol. The van der Waals surface area contributed by atoms with Crippen LogP contribution in [0.5, 0.6) is 0 Å². The lowest BCUT2D eigenvalue weighted by Crippen LogP contribution is -2.37. The maximum absolute atomic E-state index is 11.7. The molecular weight excluding hydrogens is 276 g/mol. The van der Waals surface area contributed by atoms with Gasteiger partial charge >= 0.3 is 12.0 Å². The molecule has 3 amide bonds. The number of ether oxygens (including phenoxy) is 1. The lowest BCUT2D eigenvalue weighted by molar-refractivity contribution is -0.124. The summed E-state index contributed by atoms with van der Waals surface area (Å²) in [6.07, 6.45) is -1.04. The molecule has 1 aromatic rings. The van der Waals surface area contributed by atoms with Crippen LogP contribution in [0.15, 0.2) is 30.3 Å². The number of amides is 3. The molecule has 0 aliphatic carbocycles. The van der Waals surface area contributed by atoms with Crippen molar-refractivity contribution in [1.82, 2.24) is 9.80 Å². The predicted molar refractivity (Wildman–Crippen MR) is 72.5 cm³/mol. The molecule has 7 nitrogen and oxygen atoms in total. The summed E-state index contributed by atoms with van der Waals surface area (Å²) in [7, 11) is 1.38. The summed E-state index contributed by atoms with van der Waals surface area (Å²) in [4.78, 5) is 36.8. The van der Waals surface area contributed by atoms with E-state index in [4.69, 9.17) is 4.74 Å². The molecule has 1 aliphatic heterocycles. The zero-order valence-corrected chi connectivity index (χ0v) is 11.6. The lowest BCUT2D eigenvalue weighted by Gasteiger charge is -2.18. The Balaban J connectivity index is 1.80. The Morgan fingerprint density at radius 1 is 1.33 bits per heavy atom. The van der Waals surface area contributed by atoms with Gasteiger partial charge in [0.25, 0.3) is 0 Å². The highest BCUT2D eigenvalue weighted by Crippen LogP contribution is 2.09. The second-order valence-corrected chi connectivity index (χ2v) is 4.73. The fraction of sp³-hybridized carbons (Fsp3) is 0.357. The number of carbonyl (C=O) groups excluding carboxylic acids is 3. The topological polar surface area (TPSA) is 87.2 Å². The molecule has 1 aromatic carbocycles. The molecule has 1 fully saturated rings. The molecule has 0 saturated carbocycles. The lowest BCUT2D eigenvalue weighted by atomic mass is 10.2. The smallest absolute Gasteiger partial charge is 0.338 e. The van der Waals surface area contributed by atoms with Crippen molar-refractivity contribution in [3.8, 4) is 0 Å². The molecule has 1 atom stereocenters. The van der Waals surface area contributed by atoms with Gasteiger partial charge in [-0.2, -0.15) is 0 Å². The zero-order chi connectivity index (χ0) is 15.4. The number of urea groups is 1. The Kier molecular flexibility index (Phi) is 4.54. The van der Waals surface area contributed by atoms with E-state index in [2.05, 4.69) is 0 Å². The van der Waals surface area contributed by atoms with Crippen molar-refractivity contribution < 1.29 is 24.2 Å². The van der Waals surface area contributed by atoms with E-state index >= 15 is 0 Å². The summed E-state index contributed by atoms with van der Waals surface area (Å²) < 4.78 is 4.96. The number of aliphatic hydroxyl groups is 1. The molecule has 1 aliphatic rings. The van der Waals surface area contributed by atoms with Crippen LogP contribution in [0.25, 0.3) is 0 Å². The first kappa shape index (κ1) is 15.0. The van der Waals surface area contributed by atoms with Crippen LogP contribution in [-0.4, -0.2) is 65.7 Å². The first-order valence-electron chi connectivity index (χ1n) is 6.44. The molecule has 1 N–H and O–H groups in total. The predicted octanol–water partition coefficient (Wildman–Crippen LogP) is 0.0983. The Morgan fingerprint density at radius 2 is 2.00 bits per heavy atom. The highest BCUT2D eigenvalue weighted by atomic mass is 16.5. The highest BCUT2D eigenvalue weighted by molar-refractivity contribution is 6.01. The van der Waals surface area contributed by atoms with Crippen molar-refractivity contribution in [1.29, 1.82) is 0 Å². The standard InChI is InChI=1S/C14H16N2O5/c1-15-12(18)8-16(14(15)20)7-11(17)9-21-13(19)10-5-3-2-4-6-10/h2-6,11,17H,7-9H2,1H3. The minimum Gasteiger partial charge on any atom is -0.459 e. The Hall–Kier alpha value is -2.41. The van der Waals surface area contributed by atoms with Crippen molar-refractivity contribution in [2.24, 2.45) is 0 Å². The average Bonchev–Trinajstić information content (AvgIpc) is 2.73. The number of likely N-dealkylation sites (N-methyl/N-ethyl adjacent to an activating group) is 1. The summed E-state index contributed by atoms with van der Waals surface area (Å²) in [6, 6.07) is 7.93. The summed E-state index contributed by atoms with van der Waals surface area (Å²) in [5.41, 5.74) is 0.386. The molecule has 2 rings (SSSR count). The molecule has 112 valence electrons. The summed E-state index contributed by atoms with van der Waals surface area (Å²) >= 11 is 0. The number of imide groups is 1. The van der Waals surface area contributed by atoms with Crippen molar-refractivity contribution in [3.05, 3.63) is 35.9 Å².